The molecule has 136 valence electrons. The number of aromatic carboxylic acids is 1. The van der Waals surface area contributed by atoms with Crippen LogP contribution in [0.15, 0.2) is 75.6 Å². The summed E-state index contributed by atoms with van der Waals surface area (Å²) in [5.41, 5.74) is 1.69. The molecule has 1 aliphatic heterocycles. The van der Waals surface area contributed by atoms with E-state index in [2.05, 4.69) is 4.99 Å². The SMILES string of the molecule is CN1C(=O)/C(=C/C(Cl)=C/c2ccccc2)SC1=Nc1ccc(C(=O)O)cc1. The van der Waals surface area contributed by atoms with Crippen LogP contribution >= 0.6 is 23.4 Å². The van der Waals surface area contributed by atoms with Gasteiger partial charge in [-0.1, -0.05) is 41.9 Å². The number of aliphatic imine (C=N–C) groups is 1. The minimum Gasteiger partial charge on any atom is -0.478 e. The Morgan fingerprint density at radius 1 is 1.15 bits per heavy atom. The molecule has 0 bridgehead atoms. The van der Waals surface area contributed by atoms with Crippen LogP contribution in [-0.2, 0) is 4.79 Å². The number of hydrogen-bond donors (Lipinski definition) is 1. The minimum absolute atomic E-state index is 0.181. The van der Waals surface area contributed by atoms with Gasteiger partial charge in [0.15, 0.2) is 5.17 Å². The predicted molar refractivity (Wildman–Crippen MR) is 109 cm³/mol. The van der Waals surface area contributed by atoms with E-state index in [-0.39, 0.29) is 11.5 Å². The maximum absolute atomic E-state index is 12.4. The smallest absolute Gasteiger partial charge is 0.335 e. The number of allylic oxidation sites excluding steroid dienone is 2. The summed E-state index contributed by atoms with van der Waals surface area (Å²) in [6.07, 6.45) is 3.40. The molecule has 0 atom stereocenters. The number of nitrogens with zero attached hydrogens (tertiary/aromatic N) is 2. The van der Waals surface area contributed by atoms with E-state index >= 15 is 0 Å². The third kappa shape index (κ3) is 4.67. The van der Waals surface area contributed by atoms with E-state index in [1.165, 1.54) is 28.8 Å². The van der Waals surface area contributed by atoms with Crippen LogP contribution in [0.2, 0.25) is 0 Å². The molecule has 5 nitrogen and oxygen atoms in total. The lowest BCUT2D eigenvalue weighted by atomic mass is 10.2. The number of carbonyl (C=O) groups is 2. The molecule has 27 heavy (non-hydrogen) atoms. The third-order valence-corrected chi connectivity index (χ3v) is 4.99. The molecule has 1 heterocycles. The molecule has 1 N–H and O–H groups in total. The van der Waals surface area contributed by atoms with Gasteiger partial charge in [-0.25, -0.2) is 9.79 Å². The molecule has 2 aromatic carbocycles. The van der Waals surface area contributed by atoms with Gasteiger partial charge in [0.1, 0.15) is 0 Å². The number of carboxylic acid groups (broad SMARTS) is 1. The monoisotopic (exact) mass is 398 g/mol. The fourth-order valence-electron chi connectivity index (χ4n) is 2.32. The second-order valence-electron chi connectivity index (χ2n) is 5.66. The Morgan fingerprint density at radius 2 is 1.81 bits per heavy atom. The fraction of sp³-hybridized carbons (Fsp3) is 0.0500. The first-order valence-corrected chi connectivity index (χ1v) is 9.15. The zero-order valence-electron chi connectivity index (χ0n) is 14.3. The average Bonchev–Trinajstić information content (AvgIpc) is 2.91. The molecule has 1 fully saturated rings. The Labute approximate surface area is 165 Å². The van der Waals surface area contributed by atoms with Crippen molar-refractivity contribution >= 4 is 52.2 Å². The molecular weight excluding hydrogens is 384 g/mol. The number of benzene rings is 2. The van der Waals surface area contributed by atoms with Crippen molar-refractivity contribution in [1.82, 2.24) is 4.90 Å². The molecule has 1 aliphatic rings. The van der Waals surface area contributed by atoms with Crippen LogP contribution in [0.4, 0.5) is 5.69 Å². The third-order valence-electron chi connectivity index (χ3n) is 3.72. The van der Waals surface area contributed by atoms with Crippen LogP contribution in [0.1, 0.15) is 15.9 Å². The van der Waals surface area contributed by atoms with Crippen molar-refractivity contribution in [2.75, 3.05) is 7.05 Å². The normalized spacial score (nSPS) is 17.8. The first-order chi connectivity index (χ1) is 12.9. The van der Waals surface area contributed by atoms with Gasteiger partial charge in [-0.2, -0.15) is 0 Å². The predicted octanol–water partition coefficient (Wildman–Crippen LogP) is 4.74. The lowest BCUT2D eigenvalue weighted by Gasteiger charge is -2.07. The standard InChI is InChI=1S/C20H15ClN2O3S/c1-23-18(24)17(12-15(21)11-13-5-3-2-4-6-13)27-20(23)22-16-9-7-14(8-10-16)19(25)26/h2-12H,1H3,(H,25,26)/b15-11-,17-12-,22-20?. The molecule has 0 radical (unpaired) electrons. The van der Waals surface area contributed by atoms with Gasteiger partial charge in [-0.15, -0.1) is 0 Å². The summed E-state index contributed by atoms with van der Waals surface area (Å²) in [4.78, 5) is 29.7. The molecule has 0 spiro atoms. The maximum atomic E-state index is 12.4. The summed E-state index contributed by atoms with van der Waals surface area (Å²) in [5.74, 6) is -1.19. The van der Waals surface area contributed by atoms with Crippen LogP contribution < -0.4 is 0 Å². The fourth-order valence-corrected chi connectivity index (χ4v) is 3.59. The highest BCUT2D eigenvalue weighted by Crippen LogP contribution is 2.33. The van der Waals surface area contributed by atoms with E-state index in [0.717, 1.165) is 5.56 Å². The van der Waals surface area contributed by atoms with E-state index in [1.807, 2.05) is 30.3 Å². The van der Waals surface area contributed by atoms with Crippen LogP contribution in [0.3, 0.4) is 0 Å². The summed E-state index contributed by atoms with van der Waals surface area (Å²) in [6.45, 7) is 0. The number of halogens is 1. The van der Waals surface area contributed by atoms with Crippen LogP contribution in [-0.4, -0.2) is 34.1 Å². The van der Waals surface area contributed by atoms with E-state index in [0.29, 0.717) is 20.8 Å². The summed E-state index contributed by atoms with van der Waals surface area (Å²) in [5, 5.41) is 9.88. The number of amidine groups is 1. The molecule has 1 saturated heterocycles. The molecule has 0 aliphatic carbocycles. The Morgan fingerprint density at radius 3 is 2.44 bits per heavy atom. The number of rotatable bonds is 4. The molecule has 2 aromatic rings. The quantitative estimate of drug-likeness (QED) is 0.755. The van der Waals surface area contributed by atoms with Crippen molar-refractivity contribution in [2.45, 2.75) is 0 Å². The Bertz CT molecular complexity index is 966. The molecule has 0 unspecified atom stereocenters. The number of carbonyl (C=O) groups excluding carboxylic acids is 1. The number of amides is 1. The van der Waals surface area contributed by atoms with E-state index < -0.39 is 5.97 Å². The minimum atomic E-state index is -0.998. The highest BCUT2D eigenvalue weighted by molar-refractivity contribution is 8.18. The van der Waals surface area contributed by atoms with Crippen LogP contribution in [0.25, 0.3) is 6.08 Å². The topological polar surface area (TPSA) is 70.0 Å². The molecule has 3 rings (SSSR count). The Balaban J connectivity index is 1.81. The molecule has 0 aromatic heterocycles. The first-order valence-electron chi connectivity index (χ1n) is 7.96. The average molecular weight is 399 g/mol. The van der Waals surface area contributed by atoms with Crippen molar-refractivity contribution in [3.8, 4) is 0 Å². The van der Waals surface area contributed by atoms with Crippen molar-refractivity contribution in [3.05, 3.63) is 81.7 Å². The zero-order valence-corrected chi connectivity index (χ0v) is 15.9. The van der Waals surface area contributed by atoms with Crippen molar-refractivity contribution in [2.24, 2.45) is 4.99 Å². The summed E-state index contributed by atoms with van der Waals surface area (Å²) in [6, 6.07) is 15.7. The van der Waals surface area contributed by atoms with Crippen molar-refractivity contribution in [3.63, 3.8) is 0 Å². The maximum Gasteiger partial charge on any atom is 0.335 e. The molecule has 7 heteroatoms. The summed E-state index contributed by atoms with van der Waals surface area (Å²) in [7, 11) is 1.63. The van der Waals surface area contributed by atoms with Gasteiger partial charge >= 0.3 is 5.97 Å². The lowest BCUT2D eigenvalue weighted by molar-refractivity contribution is -0.121. The second-order valence-corrected chi connectivity index (χ2v) is 7.11. The second kappa shape index (κ2) is 8.24. The zero-order chi connectivity index (χ0) is 19.4. The Kier molecular flexibility index (Phi) is 5.78. The van der Waals surface area contributed by atoms with Crippen molar-refractivity contribution < 1.29 is 14.7 Å². The van der Waals surface area contributed by atoms with E-state index in [9.17, 15) is 9.59 Å². The highest BCUT2D eigenvalue weighted by Gasteiger charge is 2.30. The van der Waals surface area contributed by atoms with Gasteiger partial charge in [0.05, 0.1) is 16.2 Å². The van der Waals surface area contributed by atoms with Gasteiger partial charge in [0, 0.05) is 12.1 Å². The van der Waals surface area contributed by atoms with E-state index in [4.69, 9.17) is 16.7 Å². The first kappa shape index (κ1) is 18.9. The molecular formula is C20H15ClN2O3S. The van der Waals surface area contributed by atoms with E-state index in [1.54, 1.807) is 31.3 Å². The van der Waals surface area contributed by atoms with Gasteiger partial charge < -0.3 is 5.11 Å². The number of likely N-dealkylation sites (N-methyl/N-ethyl adjacent to an activating group) is 1. The van der Waals surface area contributed by atoms with Crippen molar-refractivity contribution in [1.29, 1.82) is 0 Å². The van der Waals surface area contributed by atoms with Gasteiger partial charge in [-0.05, 0) is 53.7 Å². The molecule has 1 amide bonds. The lowest BCUT2D eigenvalue weighted by Crippen LogP contribution is -2.23. The molecule has 0 saturated carbocycles. The van der Waals surface area contributed by atoms with Gasteiger partial charge in [0.25, 0.3) is 5.91 Å². The highest BCUT2D eigenvalue weighted by atomic mass is 35.5. The van der Waals surface area contributed by atoms with Gasteiger partial charge in [-0.3, -0.25) is 9.69 Å². The van der Waals surface area contributed by atoms with Crippen LogP contribution in [0, 0.1) is 0 Å². The summed E-state index contributed by atoms with van der Waals surface area (Å²) < 4.78 is 0. The number of hydrogen-bond acceptors (Lipinski definition) is 4. The van der Waals surface area contributed by atoms with Crippen LogP contribution in [0.5, 0.6) is 0 Å². The number of thioether (sulfide) groups is 1. The summed E-state index contributed by atoms with van der Waals surface area (Å²) >= 11 is 7.49. The van der Waals surface area contributed by atoms with Gasteiger partial charge in [0.2, 0.25) is 0 Å². The largest absolute Gasteiger partial charge is 0.478 e. The Hall–Kier alpha value is -2.83. The number of carboxylic acids is 1.